The van der Waals surface area contributed by atoms with Crippen molar-refractivity contribution >= 4 is 11.6 Å². The Bertz CT molecular complexity index is 1160. The van der Waals surface area contributed by atoms with Crippen LogP contribution in [0.2, 0.25) is 0 Å². The first kappa shape index (κ1) is 27.2. The zero-order valence-corrected chi connectivity index (χ0v) is 23.1. The summed E-state index contributed by atoms with van der Waals surface area (Å²) in [7, 11) is 0. The van der Waals surface area contributed by atoms with E-state index in [1.54, 1.807) is 0 Å². The molecule has 0 saturated carbocycles. The molecular formula is C33H42N4O2. The van der Waals surface area contributed by atoms with Crippen LogP contribution in [-0.4, -0.2) is 73.0 Å². The Kier molecular flexibility index (Phi) is 9.88. The minimum absolute atomic E-state index is 0.0589. The van der Waals surface area contributed by atoms with Crippen LogP contribution in [0.3, 0.4) is 0 Å². The van der Waals surface area contributed by atoms with Crippen LogP contribution < -0.4 is 10.1 Å². The van der Waals surface area contributed by atoms with Gasteiger partial charge in [-0.2, -0.15) is 0 Å². The first-order valence-electron chi connectivity index (χ1n) is 14.6. The van der Waals surface area contributed by atoms with E-state index in [1.807, 2.05) is 29.2 Å². The van der Waals surface area contributed by atoms with Crippen molar-refractivity contribution in [3.8, 4) is 5.75 Å². The monoisotopic (exact) mass is 526 g/mol. The minimum atomic E-state index is 0.0589. The molecule has 6 nitrogen and oxygen atoms in total. The molecule has 5 rings (SSSR count). The second-order valence-electron chi connectivity index (χ2n) is 10.7. The number of anilines is 1. The minimum Gasteiger partial charge on any atom is -0.492 e. The second kappa shape index (κ2) is 14.2. The summed E-state index contributed by atoms with van der Waals surface area (Å²) in [6, 6.07) is 26.7. The van der Waals surface area contributed by atoms with E-state index >= 15 is 0 Å². The van der Waals surface area contributed by atoms with Gasteiger partial charge in [-0.1, -0.05) is 55.0 Å². The van der Waals surface area contributed by atoms with Crippen molar-refractivity contribution in [1.82, 2.24) is 14.7 Å². The van der Waals surface area contributed by atoms with Gasteiger partial charge in [0.25, 0.3) is 5.91 Å². The summed E-state index contributed by atoms with van der Waals surface area (Å²) in [5, 5.41) is 3.61. The molecule has 3 aromatic rings. The Labute approximate surface area is 233 Å². The SMILES string of the molecule is O=C(c1ccc(OCCN2CCCCC2)cc1)N1CCN(Cc2ccccc2)CCCNc2ccccc2C1. The Morgan fingerprint density at radius 1 is 0.744 bits per heavy atom. The van der Waals surface area contributed by atoms with E-state index in [0.717, 1.165) is 56.1 Å². The van der Waals surface area contributed by atoms with Crippen molar-refractivity contribution in [3.05, 3.63) is 95.6 Å². The second-order valence-corrected chi connectivity index (χ2v) is 10.7. The lowest BCUT2D eigenvalue weighted by Gasteiger charge is -2.28. The zero-order chi connectivity index (χ0) is 26.7. The Hall–Kier alpha value is -3.35. The van der Waals surface area contributed by atoms with Crippen molar-refractivity contribution in [2.45, 2.75) is 38.8 Å². The number of carbonyl (C=O) groups is 1. The van der Waals surface area contributed by atoms with Gasteiger partial charge in [-0.3, -0.25) is 14.6 Å². The van der Waals surface area contributed by atoms with Crippen molar-refractivity contribution in [3.63, 3.8) is 0 Å². The molecule has 39 heavy (non-hydrogen) atoms. The molecule has 1 N–H and O–H groups in total. The maximum atomic E-state index is 13.8. The highest BCUT2D eigenvalue weighted by atomic mass is 16.5. The van der Waals surface area contributed by atoms with Gasteiger partial charge in [-0.25, -0.2) is 0 Å². The van der Waals surface area contributed by atoms with Gasteiger partial charge >= 0.3 is 0 Å². The smallest absolute Gasteiger partial charge is 0.254 e. The van der Waals surface area contributed by atoms with Crippen LogP contribution in [0.25, 0.3) is 0 Å². The molecule has 0 radical (unpaired) electrons. The van der Waals surface area contributed by atoms with Crippen LogP contribution in [0, 0.1) is 0 Å². The first-order valence-corrected chi connectivity index (χ1v) is 14.6. The predicted molar refractivity (Wildman–Crippen MR) is 158 cm³/mol. The maximum Gasteiger partial charge on any atom is 0.254 e. The van der Waals surface area contributed by atoms with E-state index < -0.39 is 0 Å². The third-order valence-electron chi connectivity index (χ3n) is 7.79. The summed E-state index contributed by atoms with van der Waals surface area (Å²) in [6.45, 7) is 8.86. The molecule has 206 valence electrons. The fraction of sp³-hybridized carbons (Fsp3) is 0.424. The third kappa shape index (κ3) is 8.07. The highest BCUT2D eigenvalue weighted by Crippen LogP contribution is 2.21. The van der Waals surface area contributed by atoms with Crippen LogP contribution in [0.5, 0.6) is 5.75 Å². The number of hydrogen-bond acceptors (Lipinski definition) is 5. The van der Waals surface area contributed by atoms with Crippen molar-refractivity contribution in [1.29, 1.82) is 0 Å². The molecule has 6 heteroatoms. The maximum absolute atomic E-state index is 13.8. The van der Waals surface area contributed by atoms with Gasteiger partial charge in [-0.05, 0) is 73.8 Å². The number of para-hydroxylation sites is 1. The number of amides is 1. The van der Waals surface area contributed by atoms with E-state index in [1.165, 1.54) is 37.9 Å². The lowest BCUT2D eigenvalue weighted by molar-refractivity contribution is 0.0720. The van der Waals surface area contributed by atoms with E-state index in [2.05, 4.69) is 69.7 Å². The lowest BCUT2D eigenvalue weighted by Crippen LogP contribution is -2.38. The van der Waals surface area contributed by atoms with E-state index in [9.17, 15) is 4.79 Å². The number of nitrogens with one attached hydrogen (secondary N) is 1. The summed E-state index contributed by atoms with van der Waals surface area (Å²) in [6.07, 6.45) is 4.97. The van der Waals surface area contributed by atoms with E-state index in [-0.39, 0.29) is 5.91 Å². The van der Waals surface area contributed by atoms with E-state index in [4.69, 9.17) is 4.74 Å². The number of nitrogens with zero attached hydrogens (tertiary/aromatic N) is 3. The normalized spacial score (nSPS) is 17.5. The molecule has 0 atom stereocenters. The molecule has 0 bridgehead atoms. The molecule has 2 aliphatic heterocycles. The van der Waals surface area contributed by atoms with Gasteiger partial charge in [0.1, 0.15) is 12.4 Å². The summed E-state index contributed by atoms with van der Waals surface area (Å²) >= 11 is 0. The number of benzene rings is 3. The van der Waals surface area contributed by atoms with Crippen molar-refractivity contribution in [2.24, 2.45) is 0 Å². The molecule has 1 fully saturated rings. The third-order valence-corrected chi connectivity index (χ3v) is 7.79. The molecule has 0 aliphatic carbocycles. The van der Waals surface area contributed by atoms with Crippen LogP contribution in [0.4, 0.5) is 5.69 Å². The van der Waals surface area contributed by atoms with Gasteiger partial charge < -0.3 is 15.0 Å². The molecule has 1 saturated heterocycles. The Morgan fingerprint density at radius 3 is 2.31 bits per heavy atom. The molecule has 2 aliphatic rings. The number of likely N-dealkylation sites (tertiary alicyclic amines) is 1. The van der Waals surface area contributed by atoms with Crippen molar-refractivity contribution in [2.75, 3.05) is 57.7 Å². The standard InChI is InChI=1S/C33H42N4O2/c38-33(29-14-16-31(17-15-29)39-25-24-35-19-7-2-8-20-35)37-23-22-36(26-28-10-3-1-4-11-28)21-9-18-34-32-13-6-5-12-30(32)27-37/h1,3-6,10-17,34H,2,7-9,18-27H2. The average Bonchev–Trinajstić information content (AvgIpc) is 3.02. The predicted octanol–water partition coefficient (Wildman–Crippen LogP) is 5.51. The highest BCUT2D eigenvalue weighted by Gasteiger charge is 2.20. The molecule has 0 aromatic heterocycles. The van der Waals surface area contributed by atoms with Gasteiger partial charge in [0, 0.05) is 57.1 Å². The van der Waals surface area contributed by atoms with Gasteiger partial charge in [-0.15, -0.1) is 0 Å². The molecule has 3 aromatic carbocycles. The van der Waals surface area contributed by atoms with Gasteiger partial charge in [0.2, 0.25) is 0 Å². The fourth-order valence-corrected chi connectivity index (χ4v) is 5.54. The quantitative estimate of drug-likeness (QED) is 0.440. The van der Waals surface area contributed by atoms with Crippen LogP contribution in [0.15, 0.2) is 78.9 Å². The Morgan fingerprint density at radius 2 is 1.49 bits per heavy atom. The fourth-order valence-electron chi connectivity index (χ4n) is 5.54. The summed E-state index contributed by atoms with van der Waals surface area (Å²) in [5.41, 5.74) is 4.27. The molecule has 0 unspecified atom stereocenters. The van der Waals surface area contributed by atoms with Gasteiger partial charge in [0.05, 0.1) is 0 Å². The summed E-state index contributed by atoms with van der Waals surface area (Å²) in [4.78, 5) is 20.7. The van der Waals surface area contributed by atoms with Gasteiger partial charge in [0.15, 0.2) is 0 Å². The Balaban J connectivity index is 1.25. The highest BCUT2D eigenvalue weighted by molar-refractivity contribution is 5.94. The number of hydrogen-bond donors (Lipinski definition) is 1. The van der Waals surface area contributed by atoms with E-state index in [0.29, 0.717) is 25.3 Å². The molecule has 2 heterocycles. The van der Waals surface area contributed by atoms with Crippen LogP contribution in [-0.2, 0) is 13.1 Å². The first-order chi connectivity index (χ1) is 19.2. The lowest BCUT2D eigenvalue weighted by atomic mass is 10.1. The summed E-state index contributed by atoms with van der Waals surface area (Å²) in [5.74, 6) is 0.883. The number of rotatable bonds is 7. The summed E-state index contributed by atoms with van der Waals surface area (Å²) < 4.78 is 6.01. The van der Waals surface area contributed by atoms with Crippen LogP contribution >= 0.6 is 0 Å². The number of fused-ring (bicyclic) bond motifs is 1. The van der Waals surface area contributed by atoms with Crippen molar-refractivity contribution < 1.29 is 9.53 Å². The zero-order valence-electron chi connectivity index (χ0n) is 23.1. The van der Waals surface area contributed by atoms with Crippen LogP contribution in [0.1, 0.15) is 47.2 Å². The molecule has 0 spiro atoms. The number of carbonyl (C=O) groups excluding carboxylic acids is 1. The molecular weight excluding hydrogens is 484 g/mol. The number of ether oxygens (including phenoxy) is 1. The topological polar surface area (TPSA) is 48.1 Å². The average molecular weight is 527 g/mol. The number of piperidine rings is 1. The molecule has 1 amide bonds. The largest absolute Gasteiger partial charge is 0.492 e.